The maximum absolute atomic E-state index is 15.1. The molecular weight excluding hydrogens is 418 g/mol. The first kappa shape index (κ1) is 20.3. The third kappa shape index (κ3) is 3.08. The normalized spacial score (nSPS) is 18.5. The Morgan fingerprint density at radius 2 is 1.53 bits per heavy atom. The Bertz CT molecular complexity index is 1220. The van der Waals surface area contributed by atoms with Crippen LogP contribution in [-0.4, -0.2) is 43.9 Å². The van der Waals surface area contributed by atoms with Gasteiger partial charge >= 0.3 is 0 Å². The van der Waals surface area contributed by atoms with Gasteiger partial charge in [0, 0.05) is 13.1 Å². The molecule has 7 nitrogen and oxygen atoms in total. The van der Waals surface area contributed by atoms with Gasteiger partial charge in [0.05, 0.1) is 12.1 Å². The standard InChI is InChI=1S/C23H20F2N4O3/c24-16-9-3-1-7-14(16)19(15-8-2-4-10-17(15)25)22-27-11-5-6-12-28(27)23(32)20-21(31)18(30)13-26-29(20)22/h1-4,7-10,13,19,22,31H,5-6,11-12H2. The average Bonchev–Trinajstić information content (AvgIpc) is 2.80. The molecule has 0 aliphatic carbocycles. The Balaban J connectivity index is 1.82. The van der Waals surface area contributed by atoms with Gasteiger partial charge in [-0.1, -0.05) is 36.4 Å². The molecule has 1 unspecified atom stereocenters. The minimum absolute atomic E-state index is 0.216. The van der Waals surface area contributed by atoms with Crippen molar-refractivity contribution in [1.29, 1.82) is 0 Å². The van der Waals surface area contributed by atoms with Gasteiger partial charge in [-0.15, -0.1) is 0 Å². The molecule has 2 aliphatic heterocycles. The van der Waals surface area contributed by atoms with Crippen molar-refractivity contribution < 1.29 is 18.7 Å². The summed E-state index contributed by atoms with van der Waals surface area (Å²) in [6.07, 6.45) is 1.52. The van der Waals surface area contributed by atoms with E-state index in [-0.39, 0.29) is 16.8 Å². The van der Waals surface area contributed by atoms with Crippen molar-refractivity contribution in [3.8, 4) is 5.75 Å². The first-order valence-corrected chi connectivity index (χ1v) is 10.4. The summed E-state index contributed by atoms with van der Waals surface area (Å²) >= 11 is 0. The van der Waals surface area contributed by atoms with E-state index in [2.05, 4.69) is 5.10 Å². The summed E-state index contributed by atoms with van der Waals surface area (Å²) in [5, 5.41) is 17.8. The number of rotatable bonds is 3. The lowest BCUT2D eigenvalue weighted by atomic mass is 9.86. The minimum atomic E-state index is -0.917. The highest BCUT2D eigenvalue weighted by Gasteiger charge is 2.46. The lowest BCUT2D eigenvalue weighted by molar-refractivity contribution is -0.104. The highest BCUT2D eigenvalue weighted by Crippen LogP contribution is 2.44. The predicted octanol–water partition coefficient (Wildman–Crippen LogP) is 3.02. The van der Waals surface area contributed by atoms with Gasteiger partial charge in [-0.3, -0.25) is 14.6 Å². The van der Waals surface area contributed by atoms with E-state index in [0.717, 1.165) is 19.0 Å². The first-order valence-electron chi connectivity index (χ1n) is 10.4. The lowest BCUT2D eigenvalue weighted by Crippen LogP contribution is -2.59. The molecular formula is C23H20F2N4O3. The summed E-state index contributed by atoms with van der Waals surface area (Å²) in [6.45, 7) is 0.808. The third-order valence-electron chi connectivity index (χ3n) is 6.08. The number of hydrazine groups is 1. The molecule has 1 saturated heterocycles. The van der Waals surface area contributed by atoms with Crippen LogP contribution in [0.25, 0.3) is 0 Å². The topological polar surface area (TPSA) is 78.7 Å². The zero-order valence-corrected chi connectivity index (χ0v) is 17.0. The predicted molar refractivity (Wildman–Crippen MR) is 111 cm³/mol. The summed E-state index contributed by atoms with van der Waals surface area (Å²) in [5.41, 5.74) is -0.637. The monoisotopic (exact) mass is 438 g/mol. The molecule has 0 spiro atoms. The number of hydrogen-bond donors (Lipinski definition) is 1. The second-order valence-electron chi connectivity index (χ2n) is 7.88. The fourth-order valence-corrected chi connectivity index (χ4v) is 4.64. The van der Waals surface area contributed by atoms with Crippen molar-refractivity contribution in [1.82, 2.24) is 19.8 Å². The number of halogens is 2. The van der Waals surface area contributed by atoms with Gasteiger partial charge in [-0.25, -0.2) is 13.5 Å². The zero-order chi connectivity index (χ0) is 22.4. The molecule has 9 heteroatoms. The second kappa shape index (κ2) is 7.83. The van der Waals surface area contributed by atoms with Crippen LogP contribution in [0.15, 0.2) is 59.5 Å². The molecule has 2 aliphatic rings. The van der Waals surface area contributed by atoms with E-state index >= 15 is 8.78 Å². The fourth-order valence-electron chi connectivity index (χ4n) is 4.64. The van der Waals surface area contributed by atoms with Gasteiger partial charge in [0.2, 0.25) is 5.43 Å². The Labute approximate surface area is 182 Å². The van der Waals surface area contributed by atoms with Gasteiger partial charge in [0.1, 0.15) is 17.8 Å². The number of carbonyl (C=O) groups excluding carboxylic acids is 1. The van der Waals surface area contributed by atoms with Gasteiger partial charge in [-0.2, -0.15) is 10.1 Å². The zero-order valence-electron chi connectivity index (χ0n) is 17.0. The first-order chi connectivity index (χ1) is 15.5. The third-order valence-corrected chi connectivity index (χ3v) is 6.08. The summed E-state index contributed by atoms with van der Waals surface area (Å²) < 4.78 is 31.4. The van der Waals surface area contributed by atoms with Crippen molar-refractivity contribution in [3.05, 3.63) is 93.4 Å². The number of benzene rings is 2. The maximum atomic E-state index is 15.1. The van der Waals surface area contributed by atoms with Gasteiger partial charge in [-0.05, 0) is 36.1 Å². The molecule has 1 amide bonds. The molecule has 32 heavy (non-hydrogen) atoms. The Morgan fingerprint density at radius 1 is 0.938 bits per heavy atom. The SMILES string of the molecule is O=C1c2c(O)c(=O)cnn2C(C(c2ccccc2F)c2ccccc2F)N2CCCCN12. The van der Waals surface area contributed by atoms with Crippen LogP contribution in [-0.2, 0) is 0 Å². The number of nitrogens with zero attached hydrogens (tertiary/aromatic N) is 4. The number of amides is 1. The number of aromatic nitrogens is 2. The quantitative estimate of drug-likeness (QED) is 0.680. The Kier molecular flexibility index (Phi) is 4.97. The molecule has 0 bridgehead atoms. The molecule has 0 radical (unpaired) electrons. The van der Waals surface area contributed by atoms with E-state index in [9.17, 15) is 14.7 Å². The highest BCUT2D eigenvalue weighted by molar-refractivity contribution is 5.95. The van der Waals surface area contributed by atoms with Crippen molar-refractivity contribution in [2.24, 2.45) is 0 Å². The van der Waals surface area contributed by atoms with Crippen LogP contribution in [0.4, 0.5) is 8.78 Å². The van der Waals surface area contributed by atoms with Crippen molar-refractivity contribution in [2.75, 3.05) is 13.1 Å². The summed E-state index contributed by atoms with van der Waals surface area (Å²) in [4.78, 5) is 25.3. The second-order valence-corrected chi connectivity index (χ2v) is 7.88. The summed E-state index contributed by atoms with van der Waals surface area (Å²) in [6, 6.07) is 12.1. The molecule has 3 heterocycles. The van der Waals surface area contributed by atoms with Crippen molar-refractivity contribution in [2.45, 2.75) is 24.9 Å². The number of fused-ring (bicyclic) bond motifs is 2. The van der Waals surface area contributed by atoms with E-state index in [0.29, 0.717) is 13.1 Å². The molecule has 1 aromatic heterocycles. The molecule has 0 saturated carbocycles. The van der Waals surface area contributed by atoms with E-state index in [1.165, 1.54) is 21.8 Å². The van der Waals surface area contributed by atoms with Crippen molar-refractivity contribution in [3.63, 3.8) is 0 Å². The van der Waals surface area contributed by atoms with Crippen LogP contribution in [0.3, 0.4) is 0 Å². The van der Waals surface area contributed by atoms with E-state index < -0.39 is 40.8 Å². The number of hydrogen-bond acceptors (Lipinski definition) is 5. The molecule has 1 N–H and O–H groups in total. The largest absolute Gasteiger partial charge is 0.502 e. The molecule has 3 aromatic rings. The highest BCUT2D eigenvalue weighted by atomic mass is 19.1. The summed E-state index contributed by atoms with van der Waals surface area (Å²) in [5.74, 6) is -3.27. The van der Waals surface area contributed by atoms with Crippen LogP contribution >= 0.6 is 0 Å². The van der Waals surface area contributed by atoms with Gasteiger partial charge < -0.3 is 5.11 Å². The van der Waals surface area contributed by atoms with E-state index in [1.807, 2.05) is 0 Å². The number of aromatic hydroxyl groups is 1. The lowest BCUT2D eigenvalue weighted by Gasteiger charge is -2.49. The van der Waals surface area contributed by atoms with Gasteiger partial charge in [0.25, 0.3) is 5.91 Å². The van der Waals surface area contributed by atoms with Crippen LogP contribution in [0.2, 0.25) is 0 Å². The molecule has 5 rings (SSSR count). The number of carbonyl (C=O) groups is 1. The minimum Gasteiger partial charge on any atom is -0.502 e. The molecule has 1 fully saturated rings. The van der Waals surface area contributed by atoms with E-state index in [4.69, 9.17) is 0 Å². The van der Waals surface area contributed by atoms with Crippen molar-refractivity contribution >= 4 is 5.91 Å². The van der Waals surface area contributed by atoms with Crippen LogP contribution in [0.5, 0.6) is 5.75 Å². The Morgan fingerprint density at radius 3 is 2.16 bits per heavy atom. The fraction of sp³-hybridized carbons (Fsp3) is 0.261. The smallest absolute Gasteiger partial charge is 0.290 e. The maximum Gasteiger partial charge on any atom is 0.290 e. The van der Waals surface area contributed by atoms with Crippen LogP contribution < -0.4 is 5.43 Å². The van der Waals surface area contributed by atoms with Crippen LogP contribution in [0.1, 0.15) is 46.5 Å². The van der Waals surface area contributed by atoms with E-state index in [1.54, 1.807) is 41.4 Å². The molecule has 1 atom stereocenters. The van der Waals surface area contributed by atoms with Crippen LogP contribution in [0, 0.1) is 11.6 Å². The average molecular weight is 438 g/mol. The molecule has 2 aromatic carbocycles. The molecule has 164 valence electrons. The van der Waals surface area contributed by atoms with Gasteiger partial charge in [0.15, 0.2) is 11.4 Å². The summed E-state index contributed by atoms with van der Waals surface area (Å²) in [7, 11) is 0. The Hall–Kier alpha value is -3.59.